The molecular weight excluding hydrogens is 488 g/mol. The average molecular weight is 517 g/mol. The van der Waals surface area contributed by atoms with Crippen molar-refractivity contribution in [3.05, 3.63) is 94.2 Å². The predicted octanol–water partition coefficient (Wildman–Crippen LogP) is 5.62. The van der Waals surface area contributed by atoms with Crippen LogP contribution in [-0.4, -0.2) is 33.4 Å². The van der Waals surface area contributed by atoms with Gasteiger partial charge < -0.3 is 5.32 Å². The molecule has 0 saturated carbocycles. The number of hydrogen-bond donors (Lipinski definition) is 1. The van der Waals surface area contributed by atoms with E-state index in [-0.39, 0.29) is 11.8 Å². The SMILES string of the molecule is Cc1cccc(CNC(=O)C2CCN(Cc3nc4ccccc4n3-c3cccc(Br)c3)CC2)c1. The van der Waals surface area contributed by atoms with Gasteiger partial charge in [-0.2, -0.15) is 0 Å². The van der Waals surface area contributed by atoms with Crippen molar-refractivity contribution in [3.8, 4) is 5.69 Å². The molecule has 5 rings (SSSR count). The summed E-state index contributed by atoms with van der Waals surface area (Å²) in [7, 11) is 0. The van der Waals surface area contributed by atoms with Gasteiger partial charge in [0.25, 0.3) is 0 Å². The number of para-hydroxylation sites is 2. The van der Waals surface area contributed by atoms with Crippen LogP contribution in [0.2, 0.25) is 0 Å². The Bertz CT molecular complexity index is 1310. The summed E-state index contributed by atoms with van der Waals surface area (Å²) in [5.41, 5.74) is 5.58. The molecular formula is C28H29BrN4O. The molecule has 1 saturated heterocycles. The Morgan fingerprint density at radius 2 is 1.82 bits per heavy atom. The van der Waals surface area contributed by atoms with Crippen molar-refractivity contribution >= 4 is 32.9 Å². The zero-order chi connectivity index (χ0) is 23.5. The van der Waals surface area contributed by atoms with Gasteiger partial charge in [-0.1, -0.05) is 64.0 Å². The molecule has 1 N–H and O–H groups in total. The molecule has 3 aromatic carbocycles. The van der Waals surface area contributed by atoms with Crippen molar-refractivity contribution in [2.45, 2.75) is 32.9 Å². The van der Waals surface area contributed by atoms with E-state index in [2.05, 4.69) is 92.2 Å². The number of imidazole rings is 1. The molecule has 174 valence electrons. The summed E-state index contributed by atoms with van der Waals surface area (Å²) < 4.78 is 3.30. The molecule has 0 spiro atoms. The topological polar surface area (TPSA) is 50.2 Å². The van der Waals surface area contributed by atoms with E-state index in [1.54, 1.807) is 0 Å². The number of piperidine rings is 1. The van der Waals surface area contributed by atoms with Crippen LogP contribution in [0.1, 0.15) is 29.8 Å². The molecule has 1 aliphatic rings. The molecule has 6 heteroatoms. The van der Waals surface area contributed by atoms with Crippen LogP contribution >= 0.6 is 15.9 Å². The molecule has 1 aliphatic heterocycles. The Morgan fingerprint density at radius 3 is 2.62 bits per heavy atom. The zero-order valence-electron chi connectivity index (χ0n) is 19.4. The summed E-state index contributed by atoms with van der Waals surface area (Å²) >= 11 is 3.60. The fourth-order valence-corrected chi connectivity index (χ4v) is 5.18. The molecule has 0 aliphatic carbocycles. The number of aryl methyl sites for hydroxylation is 1. The van der Waals surface area contributed by atoms with Gasteiger partial charge in [0, 0.05) is 22.6 Å². The Kier molecular flexibility index (Phi) is 6.79. The summed E-state index contributed by atoms with van der Waals surface area (Å²) in [4.78, 5) is 20.1. The number of rotatable bonds is 6. The highest BCUT2D eigenvalue weighted by Crippen LogP contribution is 2.26. The lowest BCUT2D eigenvalue weighted by Crippen LogP contribution is -2.40. The Balaban J connectivity index is 1.25. The Hall–Kier alpha value is -2.96. The molecule has 0 radical (unpaired) electrons. The van der Waals surface area contributed by atoms with E-state index in [0.717, 1.165) is 65.1 Å². The minimum absolute atomic E-state index is 0.0740. The molecule has 0 atom stereocenters. The van der Waals surface area contributed by atoms with Crippen LogP contribution in [0.5, 0.6) is 0 Å². The maximum Gasteiger partial charge on any atom is 0.223 e. The van der Waals surface area contributed by atoms with Crippen LogP contribution in [0.25, 0.3) is 16.7 Å². The number of nitrogens with zero attached hydrogens (tertiary/aromatic N) is 3. The fraction of sp³-hybridized carbons (Fsp3) is 0.286. The number of amides is 1. The lowest BCUT2D eigenvalue weighted by molar-refractivity contribution is -0.126. The van der Waals surface area contributed by atoms with Gasteiger partial charge >= 0.3 is 0 Å². The lowest BCUT2D eigenvalue weighted by atomic mass is 9.95. The third-order valence-electron chi connectivity index (χ3n) is 6.57. The largest absolute Gasteiger partial charge is 0.352 e. The van der Waals surface area contributed by atoms with E-state index < -0.39 is 0 Å². The minimum Gasteiger partial charge on any atom is -0.352 e. The van der Waals surface area contributed by atoms with Gasteiger partial charge in [-0.15, -0.1) is 0 Å². The first-order valence-corrected chi connectivity index (χ1v) is 12.6. The number of benzene rings is 3. The first-order valence-electron chi connectivity index (χ1n) is 11.8. The van der Waals surface area contributed by atoms with Gasteiger partial charge in [0.1, 0.15) is 5.82 Å². The quantitative estimate of drug-likeness (QED) is 0.361. The summed E-state index contributed by atoms with van der Waals surface area (Å²) in [5.74, 6) is 1.27. The predicted molar refractivity (Wildman–Crippen MR) is 140 cm³/mol. The number of nitrogens with one attached hydrogen (secondary N) is 1. The number of hydrogen-bond acceptors (Lipinski definition) is 3. The van der Waals surface area contributed by atoms with Gasteiger partial charge in [-0.25, -0.2) is 4.98 Å². The number of aromatic nitrogens is 2. The molecule has 1 aromatic heterocycles. The van der Waals surface area contributed by atoms with Crippen molar-refractivity contribution in [2.75, 3.05) is 13.1 Å². The molecule has 4 aromatic rings. The molecule has 1 amide bonds. The minimum atomic E-state index is 0.0740. The van der Waals surface area contributed by atoms with E-state index in [1.807, 2.05) is 18.2 Å². The third-order valence-corrected chi connectivity index (χ3v) is 7.06. The maximum atomic E-state index is 12.8. The lowest BCUT2D eigenvalue weighted by Gasteiger charge is -2.31. The van der Waals surface area contributed by atoms with Crippen LogP contribution < -0.4 is 5.32 Å². The van der Waals surface area contributed by atoms with Crippen molar-refractivity contribution in [1.29, 1.82) is 0 Å². The second-order valence-electron chi connectivity index (χ2n) is 9.09. The number of carbonyl (C=O) groups is 1. The summed E-state index contributed by atoms with van der Waals surface area (Å²) in [5, 5.41) is 3.14. The highest BCUT2D eigenvalue weighted by atomic mass is 79.9. The van der Waals surface area contributed by atoms with Crippen molar-refractivity contribution in [1.82, 2.24) is 19.8 Å². The average Bonchev–Trinajstić information content (AvgIpc) is 3.21. The van der Waals surface area contributed by atoms with Gasteiger partial charge in [0.05, 0.1) is 17.6 Å². The molecule has 5 nitrogen and oxygen atoms in total. The number of likely N-dealkylation sites (tertiary alicyclic amines) is 1. The zero-order valence-corrected chi connectivity index (χ0v) is 21.0. The summed E-state index contributed by atoms with van der Waals surface area (Å²) in [6, 6.07) is 24.9. The second-order valence-corrected chi connectivity index (χ2v) is 10.0. The first kappa shape index (κ1) is 22.8. The molecule has 0 unspecified atom stereocenters. The van der Waals surface area contributed by atoms with Gasteiger partial charge in [-0.05, 0) is 68.8 Å². The number of halogens is 1. The standard InChI is InChI=1S/C28H29BrN4O/c1-20-6-4-7-21(16-20)18-30-28(34)22-12-14-32(15-13-22)19-27-31-25-10-2-3-11-26(25)33(27)24-9-5-8-23(29)17-24/h2-11,16-17,22H,12-15,18-19H2,1H3,(H,30,34). The Labute approximate surface area is 208 Å². The highest BCUT2D eigenvalue weighted by Gasteiger charge is 2.26. The van der Waals surface area contributed by atoms with E-state index >= 15 is 0 Å². The molecule has 1 fully saturated rings. The highest BCUT2D eigenvalue weighted by molar-refractivity contribution is 9.10. The number of carbonyl (C=O) groups excluding carboxylic acids is 1. The molecule has 0 bridgehead atoms. The fourth-order valence-electron chi connectivity index (χ4n) is 4.79. The maximum absolute atomic E-state index is 12.8. The number of fused-ring (bicyclic) bond motifs is 1. The van der Waals surface area contributed by atoms with E-state index in [0.29, 0.717) is 6.54 Å². The normalized spacial score (nSPS) is 15.0. The molecule has 34 heavy (non-hydrogen) atoms. The first-order chi connectivity index (χ1) is 16.6. The van der Waals surface area contributed by atoms with Crippen LogP contribution in [0.15, 0.2) is 77.3 Å². The van der Waals surface area contributed by atoms with Crippen LogP contribution in [0.4, 0.5) is 0 Å². The van der Waals surface area contributed by atoms with Crippen molar-refractivity contribution in [2.24, 2.45) is 5.92 Å². The second kappa shape index (κ2) is 10.1. The van der Waals surface area contributed by atoms with E-state index in [1.165, 1.54) is 5.56 Å². The third kappa shape index (κ3) is 5.08. The smallest absolute Gasteiger partial charge is 0.223 e. The van der Waals surface area contributed by atoms with E-state index in [9.17, 15) is 4.79 Å². The van der Waals surface area contributed by atoms with E-state index in [4.69, 9.17) is 4.98 Å². The van der Waals surface area contributed by atoms with Crippen molar-refractivity contribution in [3.63, 3.8) is 0 Å². The Morgan fingerprint density at radius 1 is 1.03 bits per heavy atom. The molecule has 2 heterocycles. The van der Waals surface area contributed by atoms with Gasteiger partial charge in [0.15, 0.2) is 0 Å². The van der Waals surface area contributed by atoms with Gasteiger partial charge in [-0.3, -0.25) is 14.3 Å². The summed E-state index contributed by atoms with van der Waals surface area (Å²) in [6.07, 6.45) is 1.74. The van der Waals surface area contributed by atoms with Crippen LogP contribution in [0.3, 0.4) is 0 Å². The van der Waals surface area contributed by atoms with Crippen LogP contribution in [-0.2, 0) is 17.9 Å². The van der Waals surface area contributed by atoms with Crippen LogP contribution in [0, 0.1) is 12.8 Å². The summed E-state index contributed by atoms with van der Waals surface area (Å²) in [6.45, 7) is 5.22. The van der Waals surface area contributed by atoms with Gasteiger partial charge in [0.2, 0.25) is 5.91 Å². The van der Waals surface area contributed by atoms with Crippen molar-refractivity contribution < 1.29 is 4.79 Å². The monoisotopic (exact) mass is 516 g/mol.